The lowest BCUT2D eigenvalue weighted by atomic mass is 9.92. The van der Waals surface area contributed by atoms with Gasteiger partial charge in [0.1, 0.15) is 0 Å². The number of carbonyl (C=O) groups is 2. The Kier molecular flexibility index (Phi) is 7.62. The zero-order chi connectivity index (χ0) is 20.0. The van der Waals surface area contributed by atoms with Gasteiger partial charge in [-0.2, -0.15) is 13.2 Å². The Labute approximate surface area is 150 Å². The Morgan fingerprint density at radius 1 is 1.04 bits per heavy atom. The van der Waals surface area contributed by atoms with Crippen molar-refractivity contribution in [2.75, 3.05) is 20.3 Å². The van der Waals surface area contributed by atoms with E-state index in [1.54, 1.807) is 13.8 Å². The molecule has 0 fully saturated rings. The molecule has 1 aromatic rings. The van der Waals surface area contributed by atoms with E-state index in [4.69, 9.17) is 9.47 Å². The van der Waals surface area contributed by atoms with Crippen LogP contribution in [0.3, 0.4) is 0 Å². The normalized spacial score (nSPS) is 15.2. The van der Waals surface area contributed by atoms with Crippen molar-refractivity contribution in [1.82, 2.24) is 0 Å². The molecule has 146 valence electrons. The molecular formula is C18H23F3O5. The molecule has 1 unspecified atom stereocenters. The highest BCUT2D eigenvalue weighted by molar-refractivity contribution is 5.82. The summed E-state index contributed by atoms with van der Waals surface area (Å²) < 4.78 is 55.8. The Morgan fingerprint density at radius 3 is 2.00 bits per heavy atom. The second kappa shape index (κ2) is 9.02. The lowest BCUT2D eigenvalue weighted by Gasteiger charge is -2.33. The second-order valence-corrected chi connectivity index (χ2v) is 6.15. The van der Waals surface area contributed by atoms with Crippen molar-refractivity contribution in [2.45, 2.75) is 32.5 Å². The minimum atomic E-state index is -5.02. The molecule has 0 aliphatic heterocycles. The molecule has 0 saturated heterocycles. The summed E-state index contributed by atoms with van der Waals surface area (Å²) in [5.41, 5.74) is -3.60. The molecule has 0 N–H and O–H groups in total. The van der Waals surface area contributed by atoms with Crippen LogP contribution < -0.4 is 0 Å². The number of hydrogen-bond acceptors (Lipinski definition) is 5. The van der Waals surface area contributed by atoms with Crippen LogP contribution in [0.2, 0.25) is 0 Å². The van der Waals surface area contributed by atoms with Gasteiger partial charge in [0.2, 0.25) is 0 Å². The van der Waals surface area contributed by atoms with Gasteiger partial charge in [0.05, 0.1) is 13.2 Å². The van der Waals surface area contributed by atoms with Crippen molar-refractivity contribution in [3.05, 3.63) is 35.9 Å². The first-order valence-electron chi connectivity index (χ1n) is 8.04. The zero-order valence-corrected chi connectivity index (χ0v) is 15.1. The number of benzene rings is 1. The van der Waals surface area contributed by atoms with Crippen LogP contribution in [-0.4, -0.2) is 38.4 Å². The summed E-state index contributed by atoms with van der Waals surface area (Å²) in [5.74, 6) is -2.61. The van der Waals surface area contributed by atoms with Gasteiger partial charge in [-0.1, -0.05) is 44.2 Å². The van der Waals surface area contributed by atoms with E-state index in [1.807, 2.05) is 0 Å². The van der Waals surface area contributed by atoms with Gasteiger partial charge in [0, 0.05) is 25.5 Å². The topological polar surface area (TPSA) is 61.8 Å². The van der Waals surface area contributed by atoms with Gasteiger partial charge in [-0.25, -0.2) is 4.79 Å². The molecule has 0 amide bonds. The quantitative estimate of drug-likeness (QED) is 0.650. The summed E-state index contributed by atoms with van der Waals surface area (Å²) >= 11 is 0. The molecule has 8 heteroatoms. The summed E-state index contributed by atoms with van der Waals surface area (Å²) in [6.45, 7) is 4.40. The molecule has 1 rings (SSSR count). The fourth-order valence-corrected chi connectivity index (χ4v) is 2.33. The first-order chi connectivity index (χ1) is 12.1. The van der Waals surface area contributed by atoms with Crippen molar-refractivity contribution in [3.63, 3.8) is 0 Å². The maximum absolute atomic E-state index is 13.8. The molecule has 0 spiro atoms. The Balaban J connectivity index is 3.05. The molecule has 0 aliphatic carbocycles. The number of methoxy groups -OCH3 is 1. The van der Waals surface area contributed by atoms with Crippen LogP contribution in [0.4, 0.5) is 13.2 Å². The van der Waals surface area contributed by atoms with E-state index in [9.17, 15) is 22.8 Å². The fourth-order valence-electron chi connectivity index (χ4n) is 2.33. The number of rotatable bonds is 8. The van der Waals surface area contributed by atoms with Gasteiger partial charge >= 0.3 is 18.1 Å². The van der Waals surface area contributed by atoms with Crippen LogP contribution in [0.15, 0.2) is 30.3 Å². The maximum Gasteiger partial charge on any atom is 0.432 e. The smallest absolute Gasteiger partial charge is 0.432 e. The molecule has 0 aliphatic rings. The van der Waals surface area contributed by atoms with Crippen molar-refractivity contribution in [1.29, 1.82) is 0 Å². The van der Waals surface area contributed by atoms with Crippen molar-refractivity contribution in [3.8, 4) is 0 Å². The van der Waals surface area contributed by atoms with Crippen LogP contribution in [0.1, 0.15) is 26.3 Å². The van der Waals surface area contributed by atoms with E-state index in [1.165, 1.54) is 25.1 Å². The molecular weight excluding hydrogens is 353 g/mol. The molecule has 0 saturated carbocycles. The molecule has 0 aromatic heterocycles. The number of carbonyl (C=O) groups excluding carboxylic acids is 2. The van der Waals surface area contributed by atoms with E-state index in [2.05, 4.69) is 4.74 Å². The van der Waals surface area contributed by atoms with E-state index < -0.39 is 29.6 Å². The van der Waals surface area contributed by atoms with Gasteiger partial charge in [0.15, 0.2) is 0 Å². The Morgan fingerprint density at radius 2 is 1.58 bits per heavy atom. The highest BCUT2D eigenvalue weighted by Gasteiger charge is 2.64. The summed E-state index contributed by atoms with van der Waals surface area (Å²) in [6.07, 6.45) is -5.02. The zero-order valence-electron chi connectivity index (χ0n) is 15.1. The summed E-state index contributed by atoms with van der Waals surface area (Å²) in [5, 5.41) is 0. The van der Waals surface area contributed by atoms with E-state index >= 15 is 0 Å². The Bertz CT molecular complexity index is 601. The van der Waals surface area contributed by atoms with Gasteiger partial charge in [-0.3, -0.25) is 4.79 Å². The monoisotopic (exact) mass is 376 g/mol. The lowest BCUT2D eigenvalue weighted by molar-refractivity contribution is -0.277. The third-order valence-corrected chi connectivity index (χ3v) is 4.05. The number of ether oxygens (including phenoxy) is 3. The predicted molar refractivity (Wildman–Crippen MR) is 87.1 cm³/mol. The molecule has 5 nitrogen and oxygen atoms in total. The highest BCUT2D eigenvalue weighted by Crippen LogP contribution is 2.43. The molecule has 0 radical (unpaired) electrons. The van der Waals surface area contributed by atoms with Crippen molar-refractivity contribution >= 4 is 11.9 Å². The van der Waals surface area contributed by atoms with Crippen LogP contribution in [0.25, 0.3) is 0 Å². The number of hydrogen-bond donors (Lipinski definition) is 0. The minimum absolute atomic E-state index is 0.0579. The minimum Gasteiger partial charge on any atom is -0.465 e. The highest BCUT2D eigenvalue weighted by atomic mass is 19.4. The average molecular weight is 376 g/mol. The fraction of sp³-hybridized carbons (Fsp3) is 0.556. The predicted octanol–water partition coefficient (Wildman–Crippen LogP) is 3.47. The lowest BCUT2D eigenvalue weighted by Crippen LogP contribution is -2.52. The summed E-state index contributed by atoms with van der Waals surface area (Å²) in [7, 11) is 0.806. The van der Waals surface area contributed by atoms with E-state index in [0.29, 0.717) is 0 Å². The number of halogens is 3. The molecule has 0 heterocycles. The largest absolute Gasteiger partial charge is 0.465 e. The van der Waals surface area contributed by atoms with E-state index in [0.717, 1.165) is 19.2 Å². The first kappa shape index (κ1) is 22.0. The SMILES string of the molecule is CO[C@](C(=O)OCC(COC(C)=O)C(C)C)(c1ccccc1)C(F)(F)F. The Hall–Kier alpha value is -2.09. The van der Waals surface area contributed by atoms with Gasteiger partial charge < -0.3 is 14.2 Å². The number of alkyl halides is 3. The molecule has 1 aromatic carbocycles. The third kappa shape index (κ3) is 4.97. The van der Waals surface area contributed by atoms with Crippen LogP contribution in [-0.2, 0) is 29.4 Å². The third-order valence-electron chi connectivity index (χ3n) is 4.05. The van der Waals surface area contributed by atoms with Crippen LogP contribution >= 0.6 is 0 Å². The van der Waals surface area contributed by atoms with Crippen LogP contribution in [0, 0.1) is 11.8 Å². The van der Waals surface area contributed by atoms with Gasteiger partial charge in [0.25, 0.3) is 5.60 Å². The standard InChI is InChI=1S/C18H23F3O5/c1-12(2)14(10-25-13(3)22)11-26-16(23)17(24-4,18(19,20)21)15-8-6-5-7-9-15/h5-9,12,14H,10-11H2,1-4H3/t14?,17-/m0/s1. The second-order valence-electron chi connectivity index (χ2n) is 6.15. The molecule has 26 heavy (non-hydrogen) atoms. The first-order valence-corrected chi connectivity index (χ1v) is 8.04. The van der Waals surface area contributed by atoms with Gasteiger partial charge in [-0.15, -0.1) is 0 Å². The summed E-state index contributed by atoms with van der Waals surface area (Å²) in [4.78, 5) is 23.4. The molecule has 0 bridgehead atoms. The van der Waals surface area contributed by atoms with Crippen LogP contribution in [0.5, 0.6) is 0 Å². The molecule has 2 atom stereocenters. The van der Waals surface area contributed by atoms with Crippen molar-refractivity contribution < 1.29 is 37.0 Å². The average Bonchev–Trinajstić information content (AvgIpc) is 2.55. The van der Waals surface area contributed by atoms with Crippen molar-refractivity contribution in [2.24, 2.45) is 11.8 Å². The van der Waals surface area contributed by atoms with Gasteiger partial charge in [-0.05, 0) is 5.92 Å². The number of esters is 2. The van der Waals surface area contributed by atoms with E-state index in [-0.39, 0.29) is 24.7 Å². The summed E-state index contributed by atoms with van der Waals surface area (Å²) in [6, 6.07) is 6.58. The maximum atomic E-state index is 13.8.